The predicted molar refractivity (Wildman–Crippen MR) is 184 cm³/mol. The number of hydrogen-bond acceptors (Lipinski definition) is 6. The van der Waals surface area contributed by atoms with Crippen LogP contribution >= 0.6 is 11.3 Å². The number of nitrogens with one attached hydrogen (secondary N) is 2. The van der Waals surface area contributed by atoms with Crippen molar-refractivity contribution in [1.29, 1.82) is 0 Å². The highest BCUT2D eigenvalue weighted by atomic mass is 32.1. The largest absolute Gasteiger partial charge is 0.492 e. The molecule has 0 radical (unpaired) electrons. The monoisotopic (exact) mass is 655 g/mol. The molecular weight excluding hydrogens is 616 g/mol. The third-order valence-corrected chi connectivity index (χ3v) is 8.60. The fourth-order valence-electron chi connectivity index (χ4n) is 5.45. The average molecular weight is 656 g/mol. The molecule has 4 aromatic carbocycles. The summed E-state index contributed by atoms with van der Waals surface area (Å²) in [5.74, 6) is -1.55. The molecule has 1 amide bonds. The molecule has 0 aliphatic heterocycles. The first-order valence-electron chi connectivity index (χ1n) is 15.8. The van der Waals surface area contributed by atoms with E-state index in [0.29, 0.717) is 35.0 Å². The van der Waals surface area contributed by atoms with Gasteiger partial charge in [0, 0.05) is 30.7 Å². The van der Waals surface area contributed by atoms with Gasteiger partial charge in [-0.2, -0.15) is 0 Å². The topological polar surface area (TPSA) is 83.5 Å². The molecule has 0 aliphatic rings. The number of carbonyl (C=O) groups excluding carboxylic acids is 1. The Morgan fingerprint density at radius 3 is 2.38 bits per heavy atom. The molecule has 5 aromatic rings. The zero-order chi connectivity index (χ0) is 33.2. The number of rotatable bonds is 15. The first-order valence-corrected chi connectivity index (χ1v) is 16.7. The molecule has 0 saturated heterocycles. The molecular formula is C38H39F2N3O3S. The second-order valence-corrected chi connectivity index (χ2v) is 12.3. The second-order valence-electron chi connectivity index (χ2n) is 11.4. The van der Waals surface area contributed by atoms with Crippen molar-refractivity contribution in [3.63, 3.8) is 0 Å². The van der Waals surface area contributed by atoms with Gasteiger partial charge in [-0.05, 0) is 71.3 Å². The number of thiazole rings is 1. The Balaban J connectivity index is 1.48. The number of halogens is 2. The standard InChI is InChI=1S/C38H39F2N3O3S/c1-3-14-46-36-32(20-29(28-11-6-5-7-12-28)21-33(36)38-42-13-15-47-38)37(45)43-34(19-27-17-30(39)22-31(40)18-27)35(44)24-41-23-26-10-8-9-25(4-2)16-26/h5-13,15-18,20-22,34-35,41,44H,3-4,14,19,23-24H2,1-2H3,(H,43,45)/t34-,35+/m0/s1. The van der Waals surface area contributed by atoms with Crippen LogP contribution in [0, 0.1) is 11.6 Å². The smallest absolute Gasteiger partial charge is 0.255 e. The Bertz CT molecular complexity index is 1750. The fourth-order valence-corrected chi connectivity index (χ4v) is 6.10. The van der Waals surface area contributed by atoms with Gasteiger partial charge >= 0.3 is 0 Å². The van der Waals surface area contributed by atoms with Crippen LogP contribution in [0.5, 0.6) is 5.75 Å². The molecule has 2 atom stereocenters. The number of carbonyl (C=O) groups is 1. The van der Waals surface area contributed by atoms with Crippen molar-refractivity contribution in [2.75, 3.05) is 13.2 Å². The number of benzene rings is 4. The van der Waals surface area contributed by atoms with Crippen molar-refractivity contribution in [2.45, 2.75) is 51.8 Å². The Hall–Kier alpha value is -4.44. The summed E-state index contributed by atoms with van der Waals surface area (Å²) in [6.45, 7) is 5.09. The van der Waals surface area contributed by atoms with Crippen molar-refractivity contribution in [3.8, 4) is 27.4 Å². The van der Waals surface area contributed by atoms with Crippen molar-refractivity contribution < 1.29 is 23.4 Å². The van der Waals surface area contributed by atoms with Crippen molar-refractivity contribution >= 4 is 17.2 Å². The number of hydrogen-bond donors (Lipinski definition) is 3. The number of amides is 1. The SMILES string of the molecule is CCCOc1c(C(=O)N[C@@H](Cc2cc(F)cc(F)c2)[C@H](O)CNCc2cccc(CC)c2)cc(-c2ccccc2)cc1-c1nccs1. The molecule has 0 fully saturated rings. The molecule has 47 heavy (non-hydrogen) atoms. The molecule has 1 heterocycles. The van der Waals surface area contributed by atoms with E-state index in [-0.39, 0.29) is 18.5 Å². The highest BCUT2D eigenvalue weighted by molar-refractivity contribution is 7.13. The van der Waals surface area contributed by atoms with Crippen LogP contribution < -0.4 is 15.4 Å². The van der Waals surface area contributed by atoms with Gasteiger partial charge in [-0.15, -0.1) is 11.3 Å². The Morgan fingerprint density at radius 1 is 0.915 bits per heavy atom. The Labute approximate surface area is 278 Å². The molecule has 3 N–H and O–H groups in total. The summed E-state index contributed by atoms with van der Waals surface area (Å²) in [7, 11) is 0. The van der Waals surface area contributed by atoms with E-state index in [2.05, 4.69) is 34.7 Å². The van der Waals surface area contributed by atoms with Gasteiger partial charge in [-0.25, -0.2) is 13.8 Å². The normalized spacial score (nSPS) is 12.4. The molecule has 0 aliphatic carbocycles. The van der Waals surface area contributed by atoms with Crippen LogP contribution in [0.25, 0.3) is 21.7 Å². The van der Waals surface area contributed by atoms with Crippen LogP contribution in [-0.4, -0.2) is 41.3 Å². The third-order valence-electron chi connectivity index (χ3n) is 7.80. The van der Waals surface area contributed by atoms with E-state index in [1.54, 1.807) is 12.3 Å². The first-order chi connectivity index (χ1) is 22.8. The summed E-state index contributed by atoms with van der Waals surface area (Å²) >= 11 is 1.44. The van der Waals surface area contributed by atoms with Crippen molar-refractivity contribution in [1.82, 2.24) is 15.6 Å². The molecule has 244 valence electrons. The molecule has 0 bridgehead atoms. The van der Waals surface area contributed by atoms with Gasteiger partial charge in [0.15, 0.2) is 0 Å². The van der Waals surface area contributed by atoms with Crippen molar-refractivity contribution in [2.24, 2.45) is 0 Å². The summed E-state index contributed by atoms with van der Waals surface area (Å²) in [5, 5.41) is 20.2. The van der Waals surface area contributed by atoms with E-state index < -0.39 is 29.7 Å². The number of ether oxygens (including phenoxy) is 1. The lowest BCUT2D eigenvalue weighted by Crippen LogP contribution is -2.48. The molecule has 1 aromatic heterocycles. The highest BCUT2D eigenvalue weighted by Crippen LogP contribution is 2.39. The van der Waals surface area contributed by atoms with Gasteiger partial charge in [-0.1, -0.05) is 68.4 Å². The van der Waals surface area contributed by atoms with E-state index >= 15 is 0 Å². The molecule has 0 unspecified atom stereocenters. The van der Waals surface area contributed by atoms with Crippen LogP contribution in [0.15, 0.2) is 96.5 Å². The lowest BCUT2D eigenvalue weighted by atomic mass is 9.96. The minimum absolute atomic E-state index is 0.00253. The summed E-state index contributed by atoms with van der Waals surface area (Å²) in [6, 6.07) is 23.9. The number of aromatic nitrogens is 1. The number of aliphatic hydroxyl groups excluding tert-OH is 1. The summed E-state index contributed by atoms with van der Waals surface area (Å²) in [4.78, 5) is 18.8. The van der Waals surface area contributed by atoms with Crippen LogP contribution in [0.1, 0.15) is 47.3 Å². The van der Waals surface area contributed by atoms with Crippen LogP contribution in [0.3, 0.4) is 0 Å². The minimum atomic E-state index is -1.09. The van der Waals surface area contributed by atoms with Gasteiger partial charge in [0.25, 0.3) is 5.91 Å². The minimum Gasteiger partial charge on any atom is -0.492 e. The highest BCUT2D eigenvalue weighted by Gasteiger charge is 2.27. The maximum atomic E-state index is 14.3. The lowest BCUT2D eigenvalue weighted by Gasteiger charge is -2.26. The maximum absolute atomic E-state index is 14.3. The first kappa shape index (κ1) is 33.9. The van der Waals surface area contributed by atoms with Crippen LogP contribution in [-0.2, 0) is 19.4 Å². The van der Waals surface area contributed by atoms with Crippen LogP contribution in [0.4, 0.5) is 8.78 Å². The zero-order valence-electron chi connectivity index (χ0n) is 26.5. The number of nitrogens with zero attached hydrogens (tertiary/aromatic N) is 1. The molecule has 9 heteroatoms. The number of aliphatic hydroxyl groups is 1. The van der Waals surface area contributed by atoms with Gasteiger partial charge in [0.2, 0.25) is 0 Å². The van der Waals surface area contributed by atoms with Gasteiger partial charge in [0.1, 0.15) is 22.4 Å². The van der Waals surface area contributed by atoms with Crippen molar-refractivity contribution in [3.05, 3.63) is 130 Å². The molecule has 5 rings (SSSR count). The Kier molecular flexibility index (Phi) is 11.8. The van der Waals surface area contributed by atoms with Gasteiger partial charge in [-0.3, -0.25) is 4.79 Å². The third kappa shape index (κ3) is 9.10. The molecule has 0 spiro atoms. The predicted octanol–water partition coefficient (Wildman–Crippen LogP) is 7.60. The quantitative estimate of drug-likeness (QED) is 0.108. The van der Waals surface area contributed by atoms with E-state index in [1.165, 1.54) is 29.0 Å². The fraction of sp³-hybridized carbons (Fsp3) is 0.263. The van der Waals surface area contributed by atoms with Crippen LogP contribution in [0.2, 0.25) is 0 Å². The van der Waals surface area contributed by atoms with Gasteiger partial charge < -0.3 is 20.5 Å². The van der Waals surface area contributed by atoms with E-state index in [0.717, 1.165) is 35.6 Å². The Morgan fingerprint density at radius 2 is 1.68 bits per heavy atom. The molecule has 0 saturated carbocycles. The van der Waals surface area contributed by atoms with Gasteiger partial charge in [0.05, 0.1) is 29.9 Å². The number of aryl methyl sites for hydroxylation is 1. The average Bonchev–Trinajstić information content (AvgIpc) is 3.62. The lowest BCUT2D eigenvalue weighted by molar-refractivity contribution is 0.0826. The summed E-state index contributed by atoms with van der Waals surface area (Å²) in [5.41, 5.74) is 5.24. The van der Waals surface area contributed by atoms with E-state index in [1.807, 2.05) is 60.8 Å². The van der Waals surface area contributed by atoms with E-state index in [4.69, 9.17) is 4.74 Å². The second kappa shape index (κ2) is 16.4. The zero-order valence-corrected chi connectivity index (χ0v) is 27.3. The van der Waals surface area contributed by atoms with E-state index in [9.17, 15) is 18.7 Å². The molecule has 6 nitrogen and oxygen atoms in total. The summed E-state index contributed by atoms with van der Waals surface area (Å²) < 4.78 is 34.6. The summed E-state index contributed by atoms with van der Waals surface area (Å²) in [6.07, 6.45) is 2.24. The maximum Gasteiger partial charge on any atom is 0.255 e.